The van der Waals surface area contributed by atoms with Gasteiger partial charge in [-0.3, -0.25) is 0 Å². The van der Waals surface area contributed by atoms with Gasteiger partial charge in [0.2, 0.25) is 5.88 Å². The maximum Gasteiger partial charge on any atom is 0.216 e. The fraction of sp³-hybridized carbons (Fsp3) is 0.0256. The van der Waals surface area contributed by atoms with E-state index in [1.165, 1.54) is 0 Å². The molecule has 5 aromatic carbocycles. The van der Waals surface area contributed by atoms with Gasteiger partial charge in [0.15, 0.2) is 0 Å². The zero-order chi connectivity index (χ0) is 30.6. The third kappa shape index (κ3) is 5.00. The second-order valence-electron chi connectivity index (χ2n) is 11.1. The van der Waals surface area contributed by atoms with Crippen LogP contribution in [0.2, 0.25) is 0 Å². The molecule has 7 nitrogen and oxygen atoms in total. The van der Waals surface area contributed by atoms with Crippen LogP contribution in [-0.4, -0.2) is 16.9 Å². The molecule has 8 aromatic rings. The Hall–Kier alpha value is -5.52. The van der Waals surface area contributed by atoms with Gasteiger partial charge < -0.3 is 28.3 Å². The number of para-hydroxylation sites is 3. The smallest absolute Gasteiger partial charge is 0.216 e. The predicted molar refractivity (Wildman–Crippen MR) is 181 cm³/mol. The van der Waals surface area contributed by atoms with Crippen molar-refractivity contribution in [2.24, 2.45) is 0 Å². The molecular formula is C39H25N4O3Pt-3. The van der Waals surface area contributed by atoms with Gasteiger partial charge in [0, 0.05) is 61.3 Å². The van der Waals surface area contributed by atoms with E-state index in [0.717, 1.165) is 55.4 Å². The molecule has 0 atom stereocenters. The molecule has 0 saturated heterocycles. The van der Waals surface area contributed by atoms with Crippen LogP contribution in [0.3, 0.4) is 0 Å². The quantitative estimate of drug-likeness (QED) is 0.156. The standard InChI is InChI=1S/C39H25N4O3.Pt/c1-41-19-20-42(25-41)32-21-27(22-36-38(32)30-14-6-8-16-35(30)45-36)43(26-11-3-2-4-12-26)33-24-28(44-37-17-9-10-18-40-37)23-31-29-13-5-7-15-34(29)46-39(31)33;/h2-20,22-23,25H,1H3;/q-3;. The monoisotopic (exact) mass is 792 g/mol. The molecule has 0 fully saturated rings. The predicted octanol–water partition coefficient (Wildman–Crippen LogP) is 10.1. The van der Waals surface area contributed by atoms with Crippen LogP contribution in [0.1, 0.15) is 0 Å². The molecule has 0 radical (unpaired) electrons. The first-order chi connectivity index (χ1) is 22.7. The van der Waals surface area contributed by atoms with Crippen molar-refractivity contribution in [2.45, 2.75) is 0 Å². The summed E-state index contributed by atoms with van der Waals surface area (Å²) in [6.45, 7) is 2.02. The van der Waals surface area contributed by atoms with Crippen LogP contribution in [0, 0.1) is 18.8 Å². The van der Waals surface area contributed by atoms with Crippen molar-refractivity contribution in [1.82, 2.24) is 9.88 Å². The van der Waals surface area contributed by atoms with Crippen molar-refractivity contribution in [2.75, 3.05) is 16.8 Å². The number of benzene rings is 5. The molecule has 0 amide bonds. The number of nitrogens with zero attached hydrogens (tertiary/aromatic N) is 4. The van der Waals surface area contributed by atoms with Gasteiger partial charge in [0.1, 0.15) is 11.2 Å². The van der Waals surface area contributed by atoms with Gasteiger partial charge in [-0.1, -0.05) is 82.8 Å². The molecule has 1 aliphatic heterocycles. The van der Waals surface area contributed by atoms with Gasteiger partial charge >= 0.3 is 0 Å². The van der Waals surface area contributed by atoms with Gasteiger partial charge in [-0.25, -0.2) is 4.98 Å². The third-order valence-electron chi connectivity index (χ3n) is 8.10. The Morgan fingerprint density at radius 3 is 2.26 bits per heavy atom. The molecule has 3 aromatic heterocycles. The molecule has 0 bridgehead atoms. The van der Waals surface area contributed by atoms with E-state index in [1.807, 2.05) is 116 Å². The number of rotatable bonds is 6. The first-order valence-corrected chi connectivity index (χ1v) is 14.9. The molecule has 1 aliphatic rings. The van der Waals surface area contributed by atoms with E-state index in [4.69, 9.17) is 13.6 Å². The molecular weight excluding hydrogens is 768 g/mol. The van der Waals surface area contributed by atoms with Crippen molar-refractivity contribution in [3.8, 4) is 11.6 Å². The summed E-state index contributed by atoms with van der Waals surface area (Å²) in [6, 6.07) is 43.1. The van der Waals surface area contributed by atoms with Crippen molar-refractivity contribution in [1.29, 1.82) is 0 Å². The number of ether oxygens (including phenoxy) is 1. The van der Waals surface area contributed by atoms with Crippen molar-refractivity contribution in [3.05, 3.63) is 147 Å². The summed E-state index contributed by atoms with van der Waals surface area (Å²) in [4.78, 5) is 10.6. The number of furan rings is 2. The summed E-state index contributed by atoms with van der Waals surface area (Å²) in [6.07, 6.45) is 5.74. The van der Waals surface area contributed by atoms with Crippen LogP contribution < -0.4 is 14.5 Å². The zero-order valence-electron chi connectivity index (χ0n) is 25.0. The van der Waals surface area contributed by atoms with Crippen LogP contribution in [0.5, 0.6) is 11.6 Å². The maximum absolute atomic E-state index is 6.58. The van der Waals surface area contributed by atoms with Crippen molar-refractivity contribution >= 4 is 66.6 Å². The number of aromatic nitrogens is 1. The van der Waals surface area contributed by atoms with E-state index in [2.05, 4.69) is 51.2 Å². The molecule has 0 unspecified atom stereocenters. The van der Waals surface area contributed by atoms with E-state index in [9.17, 15) is 0 Å². The van der Waals surface area contributed by atoms with E-state index in [-0.39, 0.29) is 21.1 Å². The second kappa shape index (κ2) is 11.7. The van der Waals surface area contributed by atoms with Gasteiger partial charge in [-0.15, -0.1) is 24.3 Å². The molecule has 8 heteroatoms. The average Bonchev–Trinajstić information content (AvgIpc) is 3.80. The molecule has 232 valence electrons. The fourth-order valence-electron chi connectivity index (χ4n) is 6.07. The SMILES string of the molecule is CN1C=CN(c2[c-]c(N(c3ccccc3)c3[c-]c(Oc4ccccn4)cc4c3oc3ccccc34)cc3oc4ccccc4c23)[CH-]1.[Pt]. The van der Waals surface area contributed by atoms with Crippen LogP contribution in [-0.2, 0) is 21.1 Å². The first-order valence-electron chi connectivity index (χ1n) is 14.9. The minimum atomic E-state index is 0. The van der Waals surface area contributed by atoms with E-state index >= 15 is 0 Å². The summed E-state index contributed by atoms with van der Waals surface area (Å²) in [7, 11) is 2.00. The number of fused-ring (bicyclic) bond motifs is 6. The Labute approximate surface area is 285 Å². The van der Waals surface area contributed by atoms with Gasteiger partial charge in [-0.2, -0.15) is 6.67 Å². The normalized spacial score (nSPS) is 12.8. The van der Waals surface area contributed by atoms with Crippen LogP contribution in [0.15, 0.2) is 137 Å². The van der Waals surface area contributed by atoms with Gasteiger partial charge in [0.25, 0.3) is 0 Å². The topological polar surface area (TPSA) is 58.1 Å². The summed E-state index contributed by atoms with van der Waals surface area (Å²) in [5, 5.41) is 3.88. The van der Waals surface area contributed by atoms with E-state index in [1.54, 1.807) is 6.20 Å². The summed E-state index contributed by atoms with van der Waals surface area (Å²) < 4.78 is 19.4. The molecule has 0 aliphatic carbocycles. The number of hydrogen-bond donors (Lipinski definition) is 0. The average molecular weight is 793 g/mol. The van der Waals surface area contributed by atoms with E-state index < -0.39 is 0 Å². The van der Waals surface area contributed by atoms with Crippen LogP contribution >= 0.6 is 0 Å². The second-order valence-corrected chi connectivity index (χ2v) is 11.1. The Morgan fingerprint density at radius 1 is 0.745 bits per heavy atom. The number of hydrogen-bond acceptors (Lipinski definition) is 7. The fourth-order valence-corrected chi connectivity index (χ4v) is 6.07. The van der Waals surface area contributed by atoms with Gasteiger partial charge in [0.05, 0.1) is 0 Å². The Morgan fingerprint density at radius 2 is 1.49 bits per heavy atom. The third-order valence-corrected chi connectivity index (χ3v) is 8.10. The molecule has 4 heterocycles. The van der Waals surface area contributed by atoms with Crippen LogP contribution in [0.4, 0.5) is 22.7 Å². The minimum Gasteiger partial charge on any atom is -0.513 e. The Balaban J connectivity index is 0.00000324. The zero-order valence-corrected chi connectivity index (χ0v) is 27.3. The van der Waals surface area contributed by atoms with E-state index in [0.29, 0.717) is 22.9 Å². The van der Waals surface area contributed by atoms with Gasteiger partial charge in [-0.05, 0) is 60.9 Å². The molecule has 47 heavy (non-hydrogen) atoms. The Kier molecular flexibility index (Phi) is 7.19. The Bertz CT molecular complexity index is 2420. The minimum absolute atomic E-state index is 0. The number of anilines is 4. The maximum atomic E-state index is 6.58. The summed E-state index contributed by atoms with van der Waals surface area (Å²) in [5.41, 5.74) is 6.16. The molecule has 0 N–H and O–H groups in total. The van der Waals surface area contributed by atoms with Crippen LogP contribution in [0.25, 0.3) is 43.9 Å². The summed E-state index contributed by atoms with van der Waals surface area (Å²) >= 11 is 0. The molecule has 9 rings (SSSR count). The number of pyridine rings is 1. The molecule has 0 saturated carbocycles. The molecule has 0 spiro atoms. The summed E-state index contributed by atoms with van der Waals surface area (Å²) in [5.74, 6) is 0.984. The van der Waals surface area contributed by atoms with Crippen molar-refractivity contribution in [3.63, 3.8) is 0 Å². The largest absolute Gasteiger partial charge is 0.513 e. The first kappa shape index (κ1) is 28.9. The van der Waals surface area contributed by atoms with Crippen molar-refractivity contribution < 1.29 is 34.6 Å².